The lowest BCUT2D eigenvalue weighted by atomic mass is 10.2. The molecule has 0 fully saturated rings. The molecular formula is C20H34N2O4. The highest BCUT2D eigenvalue weighted by molar-refractivity contribution is 5.67. The number of nitrogens with one attached hydrogen (secondary N) is 1. The number of hydrogen-bond acceptors (Lipinski definition) is 5. The van der Waals surface area contributed by atoms with Crippen molar-refractivity contribution in [2.45, 2.75) is 52.2 Å². The number of methoxy groups -OCH3 is 1. The first-order valence-corrected chi connectivity index (χ1v) is 9.54. The number of unbranched alkanes of at least 4 members (excludes halogenated alkanes) is 2. The van der Waals surface area contributed by atoms with Crippen LogP contribution < -0.4 is 10.1 Å². The Kier molecular flexibility index (Phi) is 11.5. The minimum Gasteiger partial charge on any atom is -0.497 e. The van der Waals surface area contributed by atoms with E-state index in [1.54, 1.807) is 12.0 Å². The van der Waals surface area contributed by atoms with Crippen LogP contribution in [-0.2, 0) is 11.3 Å². The van der Waals surface area contributed by atoms with Gasteiger partial charge in [-0.15, -0.1) is 0 Å². The third-order valence-electron chi connectivity index (χ3n) is 4.06. The number of carbonyl (C=O) groups is 1. The molecule has 1 rings (SSSR count). The van der Waals surface area contributed by atoms with Gasteiger partial charge in [0.05, 0.1) is 26.4 Å². The molecule has 1 unspecified atom stereocenters. The van der Waals surface area contributed by atoms with Gasteiger partial charge in [0.25, 0.3) is 0 Å². The van der Waals surface area contributed by atoms with Gasteiger partial charge in [0.15, 0.2) is 0 Å². The highest BCUT2D eigenvalue weighted by Gasteiger charge is 2.18. The fraction of sp³-hybridized carbons (Fsp3) is 0.650. The maximum absolute atomic E-state index is 12.2. The summed E-state index contributed by atoms with van der Waals surface area (Å²) in [6, 6.07) is 7.78. The molecule has 0 radical (unpaired) electrons. The Balaban J connectivity index is 2.38. The van der Waals surface area contributed by atoms with Crippen molar-refractivity contribution in [1.29, 1.82) is 0 Å². The monoisotopic (exact) mass is 366 g/mol. The lowest BCUT2D eigenvalue weighted by Crippen LogP contribution is -2.42. The van der Waals surface area contributed by atoms with E-state index in [9.17, 15) is 9.90 Å². The Morgan fingerprint density at radius 1 is 1.19 bits per heavy atom. The molecule has 148 valence electrons. The van der Waals surface area contributed by atoms with Crippen molar-refractivity contribution in [3.05, 3.63) is 29.8 Å². The van der Waals surface area contributed by atoms with Crippen LogP contribution in [0.2, 0.25) is 0 Å². The van der Waals surface area contributed by atoms with E-state index in [0.717, 1.165) is 37.0 Å². The quantitative estimate of drug-likeness (QED) is 0.525. The summed E-state index contributed by atoms with van der Waals surface area (Å²) in [6.07, 6.45) is 2.77. The number of rotatable bonds is 13. The Labute approximate surface area is 157 Å². The lowest BCUT2D eigenvalue weighted by molar-refractivity contribution is 0.0713. The highest BCUT2D eigenvalue weighted by atomic mass is 16.6. The molecule has 0 bridgehead atoms. The van der Waals surface area contributed by atoms with E-state index in [0.29, 0.717) is 26.2 Å². The van der Waals surface area contributed by atoms with Gasteiger partial charge in [-0.05, 0) is 30.5 Å². The SMILES string of the molecule is CCCCOC(=O)N(CCCC)CC(O)CNCc1ccc(OC)cc1. The first-order chi connectivity index (χ1) is 12.6. The van der Waals surface area contributed by atoms with Crippen molar-refractivity contribution in [1.82, 2.24) is 10.2 Å². The molecular weight excluding hydrogens is 332 g/mol. The van der Waals surface area contributed by atoms with E-state index in [-0.39, 0.29) is 12.6 Å². The van der Waals surface area contributed by atoms with Crippen molar-refractivity contribution in [2.75, 3.05) is 33.4 Å². The molecule has 26 heavy (non-hydrogen) atoms. The highest BCUT2D eigenvalue weighted by Crippen LogP contribution is 2.11. The maximum atomic E-state index is 12.2. The fourth-order valence-electron chi connectivity index (χ4n) is 2.45. The summed E-state index contributed by atoms with van der Waals surface area (Å²) < 4.78 is 10.4. The first kappa shape index (κ1) is 22.3. The van der Waals surface area contributed by atoms with Gasteiger partial charge in [0.1, 0.15) is 5.75 Å². The average molecular weight is 367 g/mol. The maximum Gasteiger partial charge on any atom is 0.409 e. The van der Waals surface area contributed by atoms with Crippen molar-refractivity contribution in [3.63, 3.8) is 0 Å². The summed E-state index contributed by atoms with van der Waals surface area (Å²) in [4.78, 5) is 13.8. The zero-order valence-corrected chi connectivity index (χ0v) is 16.4. The summed E-state index contributed by atoms with van der Waals surface area (Å²) in [6.45, 7) is 6.52. The third-order valence-corrected chi connectivity index (χ3v) is 4.06. The summed E-state index contributed by atoms with van der Waals surface area (Å²) >= 11 is 0. The van der Waals surface area contributed by atoms with Gasteiger partial charge in [0.2, 0.25) is 0 Å². The lowest BCUT2D eigenvalue weighted by Gasteiger charge is -2.25. The Bertz CT molecular complexity index is 493. The van der Waals surface area contributed by atoms with Gasteiger partial charge >= 0.3 is 6.09 Å². The molecule has 1 atom stereocenters. The van der Waals surface area contributed by atoms with Crippen LogP contribution in [0.4, 0.5) is 4.79 Å². The first-order valence-electron chi connectivity index (χ1n) is 9.54. The van der Waals surface area contributed by atoms with E-state index < -0.39 is 6.10 Å². The van der Waals surface area contributed by atoms with Crippen molar-refractivity contribution >= 4 is 6.09 Å². The smallest absolute Gasteiger partial charge is 0.409 e. The zero-order chi connectivity index (χ0) is 19.2. The van der Waals surface area contributed by atoms with Crippen LogP contribution in [-0.4, -0.2) is 55.6 Å². The molecule has 2 N–H and O–H groups in total. The largest absolute Gasteiger partial charge is 0.497 e. The molecule has 0 saturated heterocycles. The van der Waals surface area contributed by atoms with Crippen LogP contribution in [0.3, 0.4) is 0 Å². The minimum absolute atomic E-state index is 0.278. The number of benzene rings is 1. The van der Waals surface area contributed by atoms with Crippen LogP contribution >= 0.6 is 0 Å². The van der Waals surface area contributed by atoms with E-state index in [1.165, 1.54) is 0 Å². The molecule has 0 aliphatic heterocycles. The van der Waals surface area contributed by atoms with Crippen molar-refractivity contribution in [2.24, 2.45) is 0 Å². The van der Waals surface area contributed by atoms with Crippen LogP contribution in [0, 0.1) is 0 Å². The molecule has 1 aromatic rings. The summed E-state index contributed by atoms with van der Waals surface area (Å²) in [5.41, 5.74) is 1.11. The topological polar surface area (TPSA) is 71.0 Å². The molecule has 6 nitrogen and oxygen atoms in total. The predicted molar refractivity (Wildman–Crippen MR) is 103 cm³/mol. The molecule has 0 heterocycles. The van der Waals surface area contributed by atoms with Gasteiger partial charge in [-0.1, -0.05) is 38.8 Å². The van der Waals surface area contributed by atoms with Crippen LogP contribution in [0.1, 0.15) is 45.1 Å². The number of aliphatic hydroxyl groups is 1. The van der Waals surface area contributed by atoms with Gasteiger partial charge in [-0.3, -0.25) is 0 Å². The number of carbonyl (C=O) groups excluding carboxylic acids is 1. The number of amides is 1. The second kappa shape index (κ2) is 13.4. The second-order valence-electron chi connectivity index (χ2n) is 6.40. The standard InChI is InChI=1S/C20H34N2O4/c1-4-6-12-22(20(24)26-13-7-5-2)16-18(23)15-21-14-17-8-10-19(25-3)11-9-17/h8-11,18,21,23H,4-7,12-16H2,1-3H3. The van der Waals surface area contributed by atoms with E-state index in [1.807, 2.05) is 24.3 Å². The minimum atomic E-state index is -0.635. The Morgan fingerprint density at radius 3 is 2.50 bits per heavy atom. The molecule has 6 heteroatoms. The van der Waals surface area contributed by atoms with E-state index in [2.05, 4.69) is 19.2 Å². The zero-order valence-electron chi connectivity index (χ0n) is 16.4. The Morgan fingerprint density at radius 2 is 1.88 bits per heavy atom. The van der Waals surface area contributed by atoms with Crippen LogP contribution in [0.5, 0.6) is 5.75 Å². The molecule has 0 saturated carbocycles. The molecule has 1 aromatic carbocycles. The summed E-state index contributed by atoms with van der Waals surface area (Å²) in [5.74, 6) is 0.821. The molecule has 1 amide bonds. The fourth-order valence-corrected chi connectivity index (χ4v) is 2.45. The predicted octanol–water partition coefficient (Wildman–Crippen LogP) is 3.18. The van der Waals surface area contributed by atoms with Gasteiger partial charge in [-0.25, -0.2) is 4.79 Å². The molecule has 0 aromatic heterocycles. The van der Waals surface area contributed by atoms with Crippen LogP contribution in [0.25, 0.3) is 0 Å². The average Bonchev–Trinajstić information content (AvgIpc) is 2.65. The Hall–Kier alpha value is -1.79. The molecule has 0 aliphatic carbocycles. The number of ether oxygens (including phenoxy) is 2. The number of nitrogens with zero attached hydrogens (tertiary/aromatic N) is 1. The van der Waals surface area contributed by atoms with E-state index in [4.69, 9.17) is 9.47 Å². The van der Waals surface area contributed by atoms with Gasteiger partial charge in [0, 0.05) is 19.6 Å². The van der Waals surface area contributed by atoms with Gasteiger partial charge in [-0.2, -0.15) is 0 Å². The summed E-state index contributed by atoms with van der Waals surface area (Å²) in [5, 5.41) is 13.5. The summed E-state index contributed by atoms with van der Waals surface area (Å²) in [7, 11) is 1.64. The van der Waals surface area contributed by atoms with Crippen LogP contribution in [0.15, 0.2) is 24.3 Å². The third kappa shape index (κ3) is 9.06. The van der Waals surface area contributed by atoms with E-state index >= 15 is 0 Å². The molecule has 0 aliphatic rings. The van der Waals surface area contributed by atoms with Crippen molar-refractivity contribution in [3.8, 4) is 5.75 Å². The molecule has 0 spiro atoms. The number of aliphatic hydroxyl groups excluding tert-OH is 1. The van der Waals surface area contributed by atoms with Gasteiger partial charge < -0.3 is 24.8 Å². The number of hydrogen-bond donors (Lipinski definition) is 2. The second-order valence-corrected chi connectivity index (χ2v) is 6.40. The van der Waals surface area contributed by atoms with Crippen molar-refractivity contribution < 1.29 is 19.4 Å². The normalized spacial score (nSPS) is 11.8.